The molecular weight excluding hydrogens is 217 g/mol. The molecule has 1 N–H and O–H groups in total. The standard InChI is InChI=1S/C11H15ClFNO/c1-8(6-14-2)15-7-9-5-10(12)3-4-11(9)13/h3-5,8,14H,6-7H2,1-2H3. The minimum Gasteiger partial charge on any atom is -0.372 e. The Morgan fingerprint density at radius 2 is 2.27 bits per heavy atom. The Morgan fingerprint density at radius 1 is 1.53 bits per heavy atom. The van der Waals surface area contributed by atoms with Crippen LogP contribution < -0.4 is 5.32 Å². The average molecular weight is 232 g/mol. The number of ether oxygens (including phenoxy) is 1. The Balaban J connectivity index is 2.53. The number of hydrogen-bond acceptors (Lipinski definition) is 2. The lowest BCUT2D eigenvalue weighted by atomic mass is 10.2. The minimum absolute atomic E-state index is 0.0494. The van der Waals surface area contributed by atoms with Crippen LogP contribution >= 0.6 is 11.6 Å². The zero-order valence-electron chi connectivity index (χ0n) is 8.89. The molecule has 0 aliphatic carbocycles. The number of likely N-dealkylation sites (N-methyl/N-ethyl adjacent to an activating group) is 1. The summed E-state index contributed by atoms with van der Waals surface area (Å²) in [6.45, 7) is 2.91. The van der Waals surface area contributed by atoms with Gasteiger partial charge in [0.25, 0.3) is 0 Å². The highest BCUT2D eigenvalue weighted by molar-refractivity contribution is 6.30. The summed E-state index contributed by atoms with van der Waals surface area (Å²) < 4.78 is 18.7. The zero-order chi connectivity index (χ0) is 11.3. The summed E-state index contributed by atoms with van der Waals surface area (Å²) in [7, 11) is 1.85. The van der Waals surface area contributed by atoms with Crippen LogP contribution in [0.25, 0.3) is 0 Å². The summed E-state index contributed by atoms with van der Waals surface area (Å²) in [5.41, 5.74) is 0.491. The minimum atomic E-state index is -0.281. The van der Waals surface area contributed by atoms with Gasteiger partial charge in [0, 0.05) is 17.1 Å². The van der Waals surface area contributed by atoms with Gasteiger partial charge >= 0.3 is 0 Å². The molecule has 0 heterocycles. The van der Waals surface area contributed by atoms with E-state index < -0.39 is 0 Å². The van der Waals surface area contributed by atoms with E-state index in [1.165, 1.54) is 12.1 Å². The van der Waals surface area contributed by atoms with Crippen molar-refractivity contribution in [2.75, 3.05) is 13.6 Å². The van der Waals surface area contributed by atoms with Crippen LogP contribution in [-0.4, -0.2) is 19.7 Å². The lowest BCUT2D eigenvalue weighted by molar-refractivity contribution is 0.0528. The van der Waals surface area contributed by atoms with E-state index in [4.69, 9.17) is 16.3 Å². The smallest absolute Gasteiger partial charge is 0.128 e. The predicted molar refractivity (Wildman–Crippen MR) is 59.6 cm³/mol. The van der Waals surface area contributed by atoms with Crippen LogP contribution in [0, 0.1) is 5.82 Å². The fourth-order valence-electron chi connectivity index (χ4n) is 1.23. The van der Waals surface area contributed by atoms with Crippen LogP contribution in [0.2, 0.25) is 5.02 Å². The molecule has 0 fully saturated rings. The molecule has 2 nitrogen and oxygen atoms in total. The molecule has 0 radical (unpaired) electrons. The van der Waals surface area contributed by atoms with Gasteiger partial charge in [0.15, 0.2) is 0 Å². The highest BCUT2D eigenvalue weighted by Gasteiger charge is 2.06. The molecule has 0 saturated heterocycles. The summed E-state index contributed by atoms with van der Waals surface area (Å²) in [6.07, 6.45) is 0.0494. The Labute approximate surface area is 94.4 Å². The van der Waals surface area contributed by atoms with Crippen molar-refractivity contribution >= 4 is 11.6 Å². The van der Waals surface area contributed by atoms with Crippen LogP contribution in [0.1, 0.15) is 12.5 Å². The summed E-state index contributed by atoms with van der Waals surface area (Å²) in [6, 6.07) is 4.46. The number of hydrogen-bond donors (Lipinski definition) is 1. The number of halogens is 2. The quantitative estimate of drug-likeness (QED) is 0.841. The lowest BCUT2D eigenvalue weighted by Gasteiger charge is -2.12. The SMILES string of the molecule is CNCC(C)OCc1cc(Cl)ccc1F. The fraction of sp³-hybridized carbons (Fsp3) is 0.455. The van der Waals surface area contributed by atoms with Crippen molar-refractivity contribution < 1.29 is 9.13 Å². The molecular formula is C11H15ClFNO. The van der Waals surface area contributed by atoms with Crippen molar-refractivity contribution in [3.8, 4) is 0 Å². The topological polar surface area (TPSA) is 21.3 Å². The van der Waals surface area contributed by atoms with Gasteiger partial charge in [0.05, 0.1) is 12.7 Å². The third kappa shape index (κ3) is 4.16. The molecule has 1 unspecified atom stereocenters. The molecule has 1 atom stereocenters. The molecule has 0 bridgehead atoms. The van der Waals surface area contributed by atoms with Crippen molar-refractivity contribution in [3.05, 3.63) is 34.6 Å². The van der Waals surface area contributed by atoms with Crippen LogP contribution in [0.3, 0.4) is 0 Å². The first-order chi connectivity index (χ1) is 7.13. The third-order valence-corrected chi connectivity index (χ3v) is 2.26. The first-order valence-electron chi connectivity index (χ1n) is 4.83. The van der Waals surface area contributed by atoms with Crippen molar-refractivity contribution in [1.29, 1.82) is 0 Å². The summed E-state index contributed by atoms with van der Waals surface area (Å²) in [5.74, 6) is -0.281. The molecule has 1 rings (SSSR count). The van der Waals surface area contributed by atoms with E-state index in [1.54, 1.807) is 6.07 Å². The third-order valence-electron chi connectivity index (χ3n) is 2.02. The van der Waals surface area contributed by atoms with Gasteiger partial charge in [-0.05, 0) is 32.2 Å². The molecule has 0 amide bonds. The van der Waals surface area contributed by atoms with Gasteiger partial charge in [-0.3, -0.25) is 0 Å². The predicted octanol–water partition coefficient (Wildman–Crippen LogP) is 2.60. The molecule has 1 aromatic rings. The van der Waals surface area contributed by atoms with E-state index in [-0.39, 0.29) is 18.5 Å². The van der Waals surface area contributed by atoms with Crippen LogP contribution in [0.4, 0.5) is 4.39 Å². The molecule has 0 aliphatic heterocycles. The van der Waals surface area contributed by atoms with Crippen molar-refractivity contribution in [3.63, 3.8) is 0 Å². The highest BCUT2D eigenvalue weighted by Crippen LogP contribution is 2.16. The molecule has 0 spiro atoms. The maximum Gasteiger partial charge on any atom is 0.128 e. The fourth-order valence-corrected chi connectivity index (χ4v) is 1.43. The van der Waals surface area contributed by atoms with E-state index in [2.05, 4.69) is 5.32 Å². The van der Waals surface area contributed by atoms with Crippen LogP contribution in [0.5, 0.6) is 0 Å². The molecule has 4 heteroatoms. The normalized spacial score (nSPS) is 12.8. The number of nitrogens with one attached hydrogen (secondary N) is 1. The van der Waals surface area contributed by atoms with Crippen molar-refractivity contribution in [1.82, 2.24) is 5.32 Å². The van der Waals surface area contributed by atoms with Crippen molar-refractivity contribution in [2.45, 2.75) is 19.6 Å². The monoisotopic (exact) mass is 231 g/mol. The molecule has 0 aromatic heterocycles. The highest BCUT2D eigenvalue weighted by atomic mass is 35.5. The molecule has 1 aromatic carbocycles. The van der Waals surface area contributed by atoms with Gasteiger partial charge in [0.1, 0.15) is 5.82 Å². The molecule has 0 aliphatic rings. The Morgan fingerprint density at radius 3 is 2.93 bits per heavy atom. The summed E-state index contributed by atoms with van der Waals surface area (Å²) >= 11 is 5.76. The second kappa shape index (κ2) is 6.05. The first kappa shape index (κ1) is 12.4. The van der Waals surface area contributed by atoms with E-state index in [1.807, 2.05) is 14.0 Å². The van der Waals surface area contributed by atoms with Gasteiger partial charge in [-0.1, -0.05) is 11.6 Å². The second-order valence-electron chi connectivity index (χ2n) is 3.42. The van der Waals surface area contributed by atoms with E-state index >= 15 is 0 Å². The summed E-state index contributed by atoms with van der Waals surface area (Å²) in [5, 5.41) is 3.51. The van der Waals surface area contributed by atoms with Gasteiger partial charge < -0.3 is 10.1 Å². The lowest BCUT2D eigenvalue weighted by Crippen LogP contribution is -2.23. The van der Waals surface area contributed by atoms with E-state index in [0.29, 0.717) is 10.6 Å². The Bertz CT molecular complexity index is 319. The van der Waals surface area contributed by atoms with Gasteiger partial charge in [0.2, 0.25) is 0 Å². The summed E-state index contributed by atoms with van der Waals surface area (Å²) in [4.78, 5) is 0. The van der Waals surface area contributed by atoms with Crippen molar-refractivity contribution in [2.24, 2.45) is 0 Å². The largest absolute Gasteiger partial charge is 0.372 e. The maximum atomic E-state index is 13.3. The van der Waals surface area contributed by atoms with E-state index in [9.17, 15) is 4.39 Å². The number of rotatable bonds is 5. The molecule has 0 saturated carbocycles. The Kier molecular flexibility index (Phi) is 5.02. The zero-order valence-corrected chi connectivity index (χ0v) is 9.64. The molecule has 15 heavy (non-hydrogen) atoms. The van der Waals surface area contributed by atoms with Gasteiger partial charge in [-0.15, -0.1) is 0 Å². The molecule has 84 valence electrons. The first-order valence-corrected chi connectivity index (χ1v) is 5.21. The number of benzene rings is 1. The Hall–Kier alpha value is -0.640. The van der Waals surface area contributed by atoms with Crippen LogP contribution in [-0.2, 0) is 11.3 Å². The second-order valence-corrected chi connectivity index (χ2v) is 3.85. The van der Waals surface area contributed by atoms with E-state index in [0.717, 1.165) is 6.54 Å². The van der Waals surface area contributed by atoms with Crippen LogP contribution in [0.15, 0.2) is 18.2 Å². The van der Waals surface area contributed by atoms with Gasteiger partial charge in [-0.2, -0.15) is 0 Å². The maximum absolute atomic E-state index is 13.3. The average Bonchev–Trinajstić information content (AvgIpc) is 2.20. The van der Waals surface area contributed by atoms with Gasteiger partial charge in [-0.25, -0.2) is 4.39 Å².